The Kier molecular flexibility index (Phi) is 2.83. The summed E-state index contributed by atoms with van der Waals surface area (Å²) in [6.45, 7) is 2.01. The number of hydrogen-bond acceptors (Lipinski definition) is 1. The lowest BCUT2D eigenvalue weighted by molar-refractivity contribution is 0.459. The van der Waals surface area contributed by atoms with E-state index in [4.69, 9.17) is 0 Å². The first-order valence-corrected chi connectivity index (χ1v) is 6.63. The average molecular weight is 238 g/mol. The van der Waals surface area contributed by atoms with Crippen LogP contribution in [-0.4, -0.2) is 5.11 Å². The smallest absolute Gasteiger partial charge is 0.119 e. The number of aryl methyl sites for hydroxylation is 2. The van der Waals surface area contributed by atoms with Gasteiger partial charge in [0.25, 0.3) is 0 Å². The molecule has 2 aromatic carbocycles. The van der Waals surface area contributed by atoms with Gasteiger partial charge in [0.05, 0.1) is 0 Å². The molecule has 1 nitrogen and oxygen atoms in total. The fourth-order valence-corrected chi connectivity index (χ4v) is 3.03. The largest absolute Gasteiger partial charge is 0.508 e. The van der Waals surface area contributed by atoms with Gasteiger partial charge in [0.1, 0.15) is 5.75 Å². The van der Waals surface area contributed by atoms with Crippen LogP contribution < -0.4 is 0 Å². The van der Waals surface area contributed by atoms with E-state index in [1.807, 2.05) is 13.0 Å². The molecule has 1 atom stereocenters. The summed E-state index contributed by atoms with van der Waals surface area (Å²) >= 11 is 0. The second-order valence-electron chi connectivity index (χ2n) is 5.21. The zero-order valence-corrected chi connectivity index (χ0v) is 10.7. The van der Waals surface area contributed by atoms with Crippen molar-refractivity contribution in [2.24, 2.45) is 0 Å². The first-order chi connectivity index (χ1) is 8.75. The van der Waals surface area contributed by atoms with Crippen LogP contribution in [0.4, 0.5) is 0 Å². The second kappa shape index (κ2) is 4.49. The quantitative estimate of drug-likeness (QED) is 0.790. The van der Waals surface area contributed by atoms with Crippen molar-refractivity contribution in [3.05, 3.63) is 64.7 Å². The number of benzene rings is 2. The van der Waals surface area contributed by atoms with Crippen LogP contribution in [-0.2, 0) is 6.42 Å². The van der Waals surface area contributed by atoms with Gasteiger partial charge >= 0.3 is 0 Å². The maximum atomic E-state index is 10.2. The van der Waals surface area contributed by atoms with Gasteiger partial charge in [-0.1, -0.05) is 36.4 Å². The normalized spacial score (nSPS) is 18.4. The third kappa shape index (κ3) is 1.90. The molecule has 92 valence electrons. The van der Waals surface area contributed by atoms with E-state index >= 15 is 0 Å². The summed E-state index contributed by atoms with van der Waals surface area (Å²) in [6, 6.07) is 14.7. The number of phenolic OH excluding ortho intramolecular Hbond substituents is 1. The third-order valence-electron chi connectivity index (χ3n) is 3.93. The van der Waals surface area contributed by atoms with E-state index in [1.165, 1.54) is 24.0 Å². The summed E-state index contributed by atoms with van der Waals surface area (Å²) in [6.07, 6.45) is 3.50. The van der Waals surface area contributed by atoms with Crippen molar-refractivity contribution in [1.82, 2.24) is 0 Å². The maximum Gasteiger partial charge on any atom is 0.119 e. The van der Waals surface area contributed by atoms with E-state index in [0.717, 1.165) is 17.5 Å². The molecule has 2 aromatic rings. The second-order valence-corrected chi connectivity index (χ2v) is 5.21. The number of rotatable bonds is 1. The number of fused-ring (bicyclic) bond motifs is 1. The predicted molar refractivity (Wildman–Crippen MR) is 74.1 cm³/mol. The molecule has 1 unspecified atom stereocenters. The molecule has 0 radical (unpaired) electrons. The molecule has 0 aromatic heterocycles. The van der Waals surface area contributed by atoms with Crippen LogP contribution in [0.5, 0.6) is 5.75 Å². The van der Waals surface area contributed by atoms with Crippen LogP contribution in [0.25, 0.3) is 0 Å². The van der Waals surface area contributed by atoms with Crippen LogP contribution >= 0.6 is 0 Å². The van der Waals surface area contributed by atoms with Gasteiger partial charge in [0.15, 0.2) is 0 Å². The van der Waals surface area contributed by atoms with Crippen molar-refractivity contribution < 1.29 is 5.11 Å². The number of aromatic hydroxyl groups is 1. The molecule has 3 rings (SSSR count). The van der Waals surface area contributed by atoms with Gasteiger partial charge in [-0.15, -0.1) is 0 Å². The van der Waals surface area contributed by atoms with Gasteiger partial charge in [0.2, 0.25) is 0 Å². The number of hydrogen-bond donors (Lipinski definition) is 1. The fourth-order valence-electron chi connectivity index (χ4n) is 3.03. The standard InChI is InChI=1S/C17H18O/c1-12-9-10-16(17(18)11-12)15-8-4-6-13-5-2-3-7-14(13)15/h2-3,5,7,9-11,15,18H,4,6,8H2,1H3. The SMILES string of the molecule is Cc1ccc(C2CCCc3ccccc32)c(O)c1. The first kappa shape index (κ1) is 11.3. The van der Waals surface area contributed by atoms with Crippen LogP contribution in [0.15, 0.2) is 42.5 Å². The molecule has 0 amide bonds. The van der Waals surface area contributed by atoms with Gasteiger partial charge in [-0.25, -0.2) is 0 Å². The molecule has 0 spiro atoms. The molecular formula is C17H18O. The minimum Gasteiger partial charge on any atom is -0.508 e. The average Bonchev–Trinajstić information content (AvgIpc) is 2.38. The van der Waals surface area contributed by atoms with Crippen molar-refractivity contribution >= 4 is 0 Å². The lowest BCUT2D eigenvalue weighted by atomic mass is 9.78. The van der Waals surface area contributed by atoms with Crippen LogP contribution in [0.2, 0.25) is 0 Å². The highest BCUT2D eigenvalue weighted by atomic mass is 16.3. The van der Waals surface area contributed by atoms with E-state index in [0.29, 0.717) is 11.7 Å². The Labute approximate surface area is 108 Å². The van der Waals surface area contributed by atoms with E-state index in [9.17, 15) is 5.11 Å². The third-order valence-corrected chi connectivity index (χ3v) is 3.93. The molecule has 18 heavy (non-hydrogen) atoms. The lowest BCUT2D eigenvalue weighted by Crippen LogP contribution is -2.11. The molecule has 1 heteroatoms. The molecular weight excluding hydrogens is 220 g/mol. The lowest BCUT2D eigenvalue weighted by Gasteiger charge is -2.26. The van der Waals surface area contributed by atoms with Gasteiger partial charge in [-0.3, -0.25) is 0 Å². The Balaban J connectivity index is 2.08. The van der Waals surface area contributed by atoms with E-state index in [2.05, 4.69) is 36.4 Å². The van der Waals surface area contributed by atoms with Gasteiger partial charge < -0.3 is 5.11 Å². The summed E-state index contributed by atoms with van der Waals surface area (Å²) in [4.78, 5) is 0. The monoisotopic (exact) mass is 238 g/mol. The highest BCUT2D eigenvalue weighted by Gasteiger charge is 2.23. The molecule has 0 bridgehead atoms. The number of phenols is 1. The minimum atomic E-state index is 0.357. The summed E-state index contributed by atoms with van der Waals surface area (Å²) in [5, 5.41) is 10.2. The molecule has 0 heterocycles. The van der Waals surface area contributed by atoms with E-state index in [1.54, 1.807) is 0 Å². The minimum absolute atomic E-state index is 0.357. The van der Waals surface area contributed by atoms with Crippen molar-refractivity contribution in [2.75, 3.05) is 0 Å². The molecule has 0 saturated heterocycles. The van der Waals surface area contributed by atoms with Gasteiger partial charge in [0, 0.05) is 11.5 Å². The van der Waals surface area contributed by atoms with Crippen molar-refractivity contribution in [1.29, 1.82) is 0 Å². The zero-order chi connectivity index (χ0) is 12.5. The Morgan fingerprint density at radius 1 is 1.06 bits per heavy atom. The predicted octanol–water partition coefficient (Wildman–Crippen LogP) is 4.17. The van der Waals surface area contributed by atoms with Crippen LogP contribution in [0, 0.1) is 6.92 Å². The Morgan fingerprint density at radius 3 is 2.72 bits per heavy atom. The topological polar surface area (TPSA) is 20.2 Å². The van der Waals surface area contributed by atoms with Crippen molar-refractivity contribution in [3.63, 3.8) is 0 Å². The molecule has 0 saturated carbocycles. The maximum absolute atomic E-state index is 10.2. The summed E-state index contributed by atoms with van der Waals surface area (Å²) in [7, 11) is 0. The highest BCUT2D eigenvalue weighted by Crippen LogP contribution is 2.40. The first-order valence-electron chi connectivity index (χ1n) is 6.63. The van der Waals surface area contributed by atoms with Crippen LogP contribution in [0.3, 0.4) is 0 Å². The summed E-state index contributed by atoms with van der Waals surface area (Å²) in [5.41, 5.74) is 5.02. The molecule has 0 fully saturated rings. The van der Waals surface area contributed by atoms with Gasteiger partial charge in [-0.05, 0) is 48.9 Å². The fraction of sp³-hybridized carbons (Fsp3) is 0.294. The summed E-state index contributed by atoms with van der Waals surface area (Å²) < 4.78 is 0. The highest BCUT2D eigenvalue weighted by molar-refractivity contribution is 5.46. The van der Waals surface area contributed by atoms with E-state index in [-0.39, 0.29) is 0 Å². The molecule has 0 aliphatic heterocycles. The van der Waals surface area contributed by atoms with Gasteiger partial charge in [-0.2, -0.15) is 0 Å². The van der Waals surface area contributed by atoms with E-state index < -0.39 is 0 Å². The molecule has 1 aliphatic carbocycles. The Morgan fingerprint density at radius 2 is 1.89 bits per heavy atom. The van der Waals surface area contributed by atoms with Crippen LogP contribution in [0.1, 0.15) is 41.0 Å². The molecule has 1 N–H and O–H groups in total. The summed E-state index contributed by atoms with van der Waals surface area (Å²) in [5.74, 6) is 0.798. The molecule has 1 aliphatic rings. The zero-order valence-electron chi connectivity index (χ0n) is 10.7. The Bertz CT molecular complexity index is 572. The van der Waals surface area contributed by atoms with Crippen molar-refractivity contribution in [3.8, 4) is 5.75 Å². The Hall–Kier alpha value is -1.76. The van der Waals surface area contributed by atoms with Crippen molar-refractivity contribution in [2.45, 2.75) is 32.1 Å².